The van der Waals surface area contributed by atoms with E-state index in [0.29, 0.717) is 35.5 Å². The van der Waals surface area contributed by atoms with Gasteiger partial charge in [-0.3, -0.25) is 47.9 Å². The van der Waals surface area contributed by atoms with Gasteiger partial charge in [-0.25, -0.2) is 4.79 Å². The number of nitrogens with two attached hydrogens (primary N) is 3. The zero-order chi connectivity index (χ0) is 58.2. The number of likely N-dealkylation sites (tertiary alicyclic amines) is 1. The minimum Gasteiger partial charge on any atom is -0.508 e. The largest absolute Gasteiger partial charge is 0.508 e. The van der Waals surface area contributed by atoms with Crippen LogP contribution in [-0.4, -0.2) is 170 Å². The van der Waals surface area contributed by atoms with E-state index in [-0.39, 0.29) is 63.0 Å². The number of benzene rings is 2. The molecule has 0 spiro atoms. The molecule has 0 aliphatic carbocycles. The van der Waals surface area contributed by atoms with Gasteiger partial charge in [0.05, 0.1) is 12.5 Å². The minimum absolute atomic E-state index is 0.0349. The molecule has 2 aromatic carbocycles. The minimum atomic E-state index is -1.78. The number of aliphatic carboxylic acids is 1. The quantitative estimate of drug-likeness (QED) is 0.0382. The van der Waals surface area contributed by atoms with Crippen LogP contribution in [0.4, 0.5) is 0 Å². The molecule has 0 aromatic heterocycles. The molecule has 27 heteroatoms. The molecular formula is C51H75N11O14S2. The van der Waals surface area contributed by atoms with E-state index in [2.05, 4.69) is 37.2 Å². The number of carboxylic acids is 1. The number of aromatic hydroxyl groups is 2. The average molecular weight is 1130 g/mol. The number of phenols is 2. The summed E-state index contributed by atoms with van der Waals surface area (Å²) in [6.45, 7) is 4.87. The van der Waals surface area contributed by atoms with E-state index in [4.69, 9.17) is 17.2 Å². The van der Waals surface area contributed by atoms with Crippen LogP contribution >= 0.6 is 23.5 Å². The summed E-state index contributed by atoms with van der Waals surface area (Å²) < 4.78 is 0. The lowest BCUT2D eigenvalue weighted by Gasteiger charge is -2.31. The third-order valence-electron chi connectivity index (χ3n) is 12.9. The van der Waals surface area contributed by atoms with Crippen LogP contribution < -0.4 is 54.4 Å². The summed E-state index contributed by atoms with van der Waals surface area (Å²) in [6.07, 6.45) is 3.04. The van der Waals surface area contributed by atoms with E-state index in [0.717, 1.165) is 0 Å². The molecule has 10 amide bonds. The SMILES string of the molecule is CC[C@H](C)[C@H](NC(=O)[C@@H](N)CCC(N)=O)C(=O)N[C@@H](CCSC)C(=O)N[C@@H](Cc1ccc(O)cc1)C(=O)N[C@@H](CC(N)=O)C(=O)N[C@@H](Cc1ccc(O)cc1)C(=O)N1CCC[C@H]1C(=O)N[C@@H](C)C(=O)N[C@@H](CCSC)C(=O)O. The highest BCUT2D eigenvalue weighted by molar-refractivity contribution is 7.98. The van der Waals surface area contributed by atoms with Crippen molar-refractivity contribution in [1.29, 1.82) is 0 Å². The van der Waals surface area contributed by atoms with Crippen molar-refractivity contribution in [2.75, 3.05) is 30.6 Å². The summed E-state index contributed by atoms with van der Waals surface area (Å²) in [6, 6.07) is -0.783. The lowest BCUT2D eigenvalue weighted by Crippen LogP contribution is -2.61. The molecule has 25 nitrogen and oxygen atoms in total. The number of hydrogen-bond donors (Lipinski definition) is 13. The zero-order valence-corrected chi connectivity index (χ0v) is 46.0. The predicted molar refractivity (Wildman–Crippen MR) is 291 cm³/mol. The molecule has 78 heavy (non-hydrogen) atoms. The topological polar surface area (TPSA) is 414 Å². The Morgan fingerprint density at radius 2 is 1.10 bits per heavy atom. The fourth-order valence-corrected chi connectivity index (χ4v) is 9.14. The van der Waals surface area contributed by atoms with Crippen molar-refractivity contribution in [3.05, 3.63) is 59.7 Å². The van der Waals surface area contributed by atoms with E-state index in [1.165, 1.54) is 83.9 Å². The van der Waals surface area contributed by atoms with Gasteiger partial charge in [-0.1, -0.05) is 44.5 Å². The van der Waals surface area contributed by atoms with Gasteiger partial charge in [-0.15, -0.1) is 0 Å². The third kappa shape index (κ3) is 21.4. The van der Waals surface area contributed by atoms with Crippen LogP contribution in [0.15, 0.2) is 48.5 Å². The van der Waals surface area contributed by atoms with Gasteiger partial charge in [0.1, 0.15) is 59.8 Å². The summed E-state index contributed by atoms with van der Waals surface area (Å²) in [4.78, 5) is 148. The summed E-state index contributed by atoms with van der Waals surface area (Å²) in [5.41, 5.74) is 17.7. The number of carbonyl (C=O) groups excluding carboxylic acids is 10. The Kier molecular flexibility index (Phi) is 27.2. The Morgan fingerprint density at radius 3 is 1.63 bits per heavy atom. The number of thioether (sulfide) groups is 2. The Hall–Kier alpha value is -7.13. The summed E-state index contributed by atoms with van der Waals surface area (Å²) in [5.74, 6) is -9.58. The van der Waals surface area contributed by atoms with E-state index < -0.39 is 132 Å². The Morgan fingerprint density at radius 1 is 0.615 bits per heavy atom. The maximum atomic E-state index is 14.6. The van der Waals surface area contributed by atoms with Gasteiger partial charge in [0.25, 0.3) is 0 Å². The number of phenolic OH excluding ortho intramolecular Hbond substituents is 2. The molecule has 0 saturated carbocycles. The van der Waals surface area contributed by atoms with Crippen molar-refractivity contribution < 1.29 is 68.1 Å². The van der Waals surface area contributed by atoms with E-state index in [1.54, 1.807) is 26.4 Å². The summed E-state index contributed by atoms with van der Waals surface area (Å²) in [5, 5.41) is 47.6. The van der Waals surface area contributed by atoms with Crippen molar-refractivity contribution in [3.63, 3.8) is 0 Å². The molecule has 2 aromatic rings. The van der Waals surface area contributed by atoms with Crippen LogP contribution in [0.3, 0.4) is 0 Å². The molecule has 430 valence electrons. The molecule has 1 saturated heterocycles. The van der Waals surface area contributed by atoms with Crippen molar-refractivity contribution in [1.82, 2.24) is 42.1 Å². The lowest BCUT2D eigenvalue weighted by molar-refractivity contribution is -0.143. The normalized spacial score (nSPS) is 16.5. The Labute approximate surface area is 461 Å². The van der Waals surface area contributed by atoms with Crippen molar-refractivity contribution in [2.24, 2.45) is 23.1 Å². The molecule has 1 aliphatic heterocycles. The maximum absolute atomic E-state index is 14.6. The first-order valence-electron chi connectivity index (χ1n) is 25.4. The van der Waals surface area contributed by atoms with Crippen LogP contribution in [0.2, 0.25) is 0 Å². The highest BCUT2D eigenvalue weighted by Crippen LogP contribution is 2.22. The van der Waals surface area contributed by atoms with Crippen LogP contribution in [0.5, 0.6) is 11.5 Å². The van der Waals surface area contributed by atoms with Crippen LogP contribution in [0.1, 0.15) is 83.3 Å². The number of rotatable bonds is 33. The fourth-order valence-electron chi connectivity index (χ4n) is 8.20. The number of carbonyl (C=O) groups is 11. The lowest BCUT2D eigenvalue weighted by atomic mass is 9.97. The van der Waals surface area contributed by atoms with Gasteiger partial charge in [0.2, 0.25) is 59.1 Å². The van der Waals surface area contributed by atoms with Crippen LogP contribution in [0.25, 0.3) is 0 Å². The van der Waals surface area contributed by atoms with E-state index in [9.17, 15) is 68.1 Å². The first-order valence-corrected chi connectivity index (χ1v) is 28.2. The smallest absolute Gasteiger partial charge is 0.326 e. The van der Waals surface area contributed by atoms with Gasteiger partial charge in [-0.2, -0.15) is 23.5 Å². The number of nitrogens with one attached hydrogen (secondary N) is 7. The monoisotopic (exact) mass is 1130 g/mol. The van der Waals surface area contributed by atoms with Crippen molar-refractivity contribution >= 4 is 88.6 Å². The summed E-state index contributed by atoms with van der Waals surface area (Å²) >= 11 is 2.74. The molecule has 0 unspecified atom stereocenters. The highest BCUT2D eigenvalue weighted by atomic mass is 32.2. The molecule has 0 bridgehead atoms. The molecule has 3 rings (SSSR count). The molecule has 10 atom stereocenters. The van der Waals surface area contributed by atoms with E-state index in [1.807, 2.05) is 0 Å². The number of nitrogens with zero attached hydrogens (tertiary/aromatic N) is 1. The standard InChI is InChI=1S/C51H75N11O14S2/c1-6-27(2)42(61-44(68)33(52)17-18-40(53)65)49(73)56-34(19-22-77-4)45(69)58-36(24-29-9-13-31(63)14-10-29)46(70)59-37(26-41(54)66)47(71)60-38(25-30-11-15-32(64)16-12-30)50(74)62-21-7-8-39(62)48(72)55-28(3)43(67)57-35(51(75)76)20-23-78-5/h9-16,27-28,33-39,42,63-64H,6-8,17-26,52H2,1-5H3,(H2,53,65)(H2,54,66)(H,55,72)(H,56,73)(H,57,67)(H,58,69)(H,59,70)(H,60,71)(H,61,68)(H,75,76)/t27-,28-,33-,34-,35-,36-,37-,38-,39-,42-/m0/s1. The van der Waals surface area contributed by atoms with Crippen LogP contribution in [0, 0.1) is 5.92 Å². The molecular weight excluding hydrogens is 1050 g/mol. The second-order valence-corrected chi connectivity index (χ2v) is 21.0. The van der Waals surface area contributed by atoms with E-state index >= 15 is 0 Å². The molecule has 1 heterocycles. The van der Waals surface area contributed by atoms with Gasteiger partial charge in [0.15, 0.2) is 0 Å². The van der Waals surface area contributed by atoms with Gasteiger partial charge >= 0.3 is 5.97 Å². The van der Waals surface area contributed by atoms with Crippen molar-refractivity contribution in [3.8, 4) is 11.5 Å². The highest BCUT2D eigenvalue weighted by Gasteiger charge is 2.40. The van der Waals surface area contributed by atoms with Crippen molar-refractivity contribution in [2.45, 2.75) is 139 Å². The number of carboxylic acid groups (broad SMARTS) is 1. The number of hydrogen-bond acceptors (Lipinski definition) is 16. The fraction of sp³-hybridized carbons (Fsp3) is 0.549. The van der Waals surface area contributed by atoms with Gasteiger partial charge < -0.3 is 74.6 Å². The molecule has 0 radical (unpaired) electrons. The Bertz CT molecular complexity index is 2420. The van der Waals surface area contributed by atoms with Gasteiger partial charge in [0, 0.05) is 25.8 Å². The third-order valence-corrected chi connectivity index (χ3v) is 14.2. The second kappa shape index (κ2) is 32.6. The number of amides is 10. The van der Waals surface area contributed by atoms with Gasteiger partial charge in [-0.05, 0) is 104 Å². The second-order valence-electron chi connectivity index (χ2n) is 19.0. The molecule has 1 aliphatic rings. The maximum Gasteiger partial charge on any atom is 0.326 e. The first-order chi connectivity index (χ1) is 36.9. The molecule has 1 fully saturated rings. The summed E-state index contributed by atoms with van der Waals surface area (Å²) in [7, 11) is 0. The predicted octanol–water partition coefficient (Wildman–Crippen LogP) is -1.61. The average Bonchev–Trinajstić information content (AvgIpc) is 3.90. The zero-order valence-electron chi connectivity index (χ0n) is 44.4. The Balaban J connectivity index is 1.95. The molecule has 16 N–H and O–H groups in total. The van der Waals surface area contributed by atoms with Crippen LogP contribution in [-0.2, 0) is 65.6 Å². The first kappa shape index (κ1) is 65.2. The number of primary amides is 2.